The van der Waals surface area contributed by atoms with Crippen LogP contribution in [0.5, 0.6) is 0 Å². The van der Waals surface area contributed by atoms with Gasteiger partial charge in [0.2, 0.25) is 0 Å². The summed E-state index contributed by atoms with van der Waals surface area (Å²) in [5.41, 5.74) is 1.66. The van der Waals surface area contributed by atoms with Gasteiger partial charge in [-0.3, -0.25) is 4.68 Å². The van der Waals surface area contributed by atoms with Gasteiger partial charge in [0.05, 0.1) is 6.20 Å². The van der Waals surface area contributed by atoms with Crippen molar-refractivity contribution in [3.8, 4) is 0 Å². The van der Waals surface area contributed by atoms with Crippen molar-refractivity contribution in [3.05, 3.63) is 18.0 Å². The Labute approximate surface area is 112 Å². The summed E-state index contributed by atoms with van der Waals surface area (Å²) in [4.78, 5) is 0. The lowest BCUT2D eigenvalue weighted by molar-refractivity contribution is 0.207. The van der Waals surface area contributed by atoms with Crippen LogP contribution < -0.4 is 5.32 Å². The Hall–Kier alpha value is -0.830. The van der Waals surface area contributed by atoms with Crippen LogP contribution in [-0.4, -0.2) is 22.9 Å². The third-order valence-corrected chi connectivity index (χ3v) is 3.97. The average Bonchev–Trinajstić information content (AvgIpc) is 2.76. The maximum atomic E-state index is 4.37. The number of hydrogen-bond donors (Lipinski definition) is 1. The molecule has 1 N–H and O–H groups in total. The van der Waals surface area contributed by atoms with Crippen molar-refractivity contribution < 1.29 is 0 Å². The molecule has 1 aromatic heterocycles. The monoisotopic (exact) mass is 251 g/mol. The van der Waals surface area contributed by atoms with Gasteiger partial charge in [0.1, 0.15) is 0 Å². The summed E-state index contributed by atoms with van der Waals surface area (Å²) < 4.78 is 2.01. The van der Waals surface area contributed by atoms with Crippen molar-refractivity contribution in [3.63, 3.8) is 0 Å². The summed E-state index contributed by atoms with van der Waals surface area (Å²) in [5.74, 6) is 0.659. The molecule has 0 aliphatic heterocycles. The molecule has 1 rings (SSSR count). The molecular formula is C15H29N3. The topological polar surface area (TPSA) is 29.9 Å². The maximum Gasteiger partial charge on any atom is 0.0521 e. The molecule has 0 aromatic carbocycles. The van der Waals surface area contributed by atoms with E-state index in [-0.39, 0.29) is 0 Å². The maximum absolute atomic E-state index is 4.37. The second-order valence-corrected chi connectivity index (χ2v) is 5.87. The van der Waals surface area contributed by atoms with Crippen molar-refractivity contribution >= 4 is 0 Å². The number of nitrogens with zero attached hydrogens (tertiary/aromatic N) is 2. The van der Waals surface area contributed by atoms with Crippen LogP contribution in [0.1, 0.15) is 46.6 Å². The Balaban J connectivity index is 2.66. The van der Waals surface area contributed by atoms with Crippen LogP contribution in [0.15, 0.2) is 12.4 Å². The van der Waals surface area contributed by atoms with E-state index in [1.54, 1.807) is 0 Å². The minimum atomic E-state index is 0.302. The van der Waals surface area contributed by atoms with Gasteiger partial charge in [-0.15, -0.1) is 0 Å². The van der Waals surface area contributed by atoms with Crippen molar-refractivity contribution in [2.45, 2.75) is 54.0 Å². The van der Waals surface area contributed by atoms with E-state index >= 15 is 0 Å². The van der Waals surface area contributed by atoms with E-state index in [4.69, 9.17) is 0 Å². The zero-order valence-corrected chi connectivity index (χ0v) is 12.7. The fourth-order valence-electron chi connectivity index (χ4n) is 2.16. The van der Waals surface area contributed by atoms with Gasteiger partial charge in [0.15, 0.2) is 0 Å². The zero-order valence-electron chi connectivity index (χ0n) is 12.7. The highest BCUT2D eigenvalue weighted by Gasteiger charge is 2.28. The van der Waals surface area contributed by atoms with E-state index in [2.05, 4.69) is 51.2 Å². The quantitative estimate of drug-likeness (QED) is 0.720. The minimum absolute atomic E-state index is 0.302. The van der Waals surface area contributed by atoms with Crippen LogP contribution >= 0.6 is 0 Å². The third kappa shape index (κ3) is 4.13. The summed E-state index contributed by atoms with van der Waals surface area (Å²) >= 11 is 0. The van der Waals surface area contributed by atoms with Crippen molar-refractivity contribution in [1.82, 2.24) is 15.1 Å². The van der Waals surface area contributed by atoms with Gasteiger partial charge in [0.25, 0.3) is 0 Å². The first-order chi connectivity index (χ1) is 8.51. The molecule has 1 atom stereocenters. The molecule has 0 spiro atoms. The molecule has 0 bridgehead atoms. The normalized spacial score (nSPS) is 15.0. The molecule has 0 aliphatic carbocycles. The first-order valence-electron chi connectivity index (χ1n) is 7.24. The molecule has 0 aliphatic rings. The molecule has 1 aromatic rings. The number of hydrogen-bond acceptors (Lipinski definition) is 2. The summed E-state index contributed by atoms with van der Waals surface area (Å²) in [6.45, 7) is 14.5. The van der Waals surface area contributed by atoms with Crippen molar-refractivity contribution in [2.75, 3.05) is 13.1 Å². The van der Waals surface area contributed by atoms with E-state index < -0.39 is 0 Å². The molecule has 3 nitrogen and oxygen atoms in total. The SMILES string of the molecule is CCCNCC(C)(Cc1cnn(CC)c1)C(C)C. The Bertz CT molecular complexity index is 343. The van der Waals surface area contributed by atoms with Gasteiger partial charge >= 0.3 is 0 Å². The Morgan fingerprint density at radius 1 is 1.39 bits per heavy atom. The Kier molecular flexibility index (Phi) is 5.86. The summed E-state index contributed by atoms with van der Waals surface area (Å²) in [7, 11) is 0. The smallest absolute Gasteiger partial charge is 0.0521 e. The minimum Gasteiger partial charge on any atom is -0.316 e. The number of rotatable bonds is 8. The van der Waals surface area contributed by atoms with Crippen LogP contribution in [0, 0.1) is 11.3 Å². The highest BCUT2D eigenvalue weighted by atomic mass is 15.3. The number of aryl methyl sites for hydroxylation is 1. The first kappa shape index (κ1) is 15.2. The van der Waals surface area contributed by atoms with Crippen LogP contribution in [-0.2, 0) is 13.0 Å². The summed E-state index contributed by atoms with van der Waals surface area (Å²) in [6.07, 6.45) is 6.49. The lowest BCUT2D eigenvalue weighted by Crippen LogP contribution is -2.38. The molecule has 1 heterocycles. The van der Waals surface area contributed by atoms with Gasteiger partial charge in [-0.25, -0.2) is 0 Å². The van der Waals surface area contributed by atoms with Gasteiger partial charge in [-0.2, -0.15) is 5.10 Å². The average molecular weight is 251 g/mol. The lowest BCUT2D eigenvalue weighted by Gasteiger charge is -2.34. The molecule has 3 heteroatoms. The predicted octanol–water partition coefficient (Wildman–Crippen LogP) is 3.11. The summed E-state index contributed by atoms with van der Waals surface area (Å²) in [5, 5.41) is 7.94. The van der Waals surface area contributed by atoms with Gasteiger partial charge in [-0.05, 0) is 43.2 Å². The van der Waals surface area contributed by atoms with Crippen LogP contribution in [0.25, 0.3) is 0 Å². The van der Waals surface area contributed by atoms with Gasteiger partial charge in [-0.1, -0.05) is 27.7 Å². The standard InChI is InChI=1S/C15H29N3/c1-6-8-16-12-15(5,13(3)4)9-14-10-17-18(7-2)11-14/h10-11,13,16H,6-9,12H2,1-5H3. The van der Waals surface area contributed by atoms with Gasteiger partial charge in [0, 0.05) is 19.3 Å². The zero-order chi connectivity index (χ0) is 13.6. The third-order valence-electron chi connectivity index (χ3n) is 3.97. The number of nitrogens with one attached hydrogen (secondary N) is 1. The molecule has 0 saturated carbocycles. The molecular weight excluding hydrogens is 222 g/mol. The van der Waals surface area contributed by atoms with E-state index in [1.807, 2.05) is 10.9 Å². The van der Waals surface area contributed by atoms with E-state index in [0.717, 1.165) is 26.1 Å². The molecule has 0 fully saturated rings. The number of aromatic nitrogens is 2. The van der Waals surface area contributed by atoms with Crippen molar-refractivity contribution in [1.29, 1.82) is 0 Å². The van der Waals surface area contributed by atoms with Gasteiger partial charge < -0.3 is 5.32 Å². The lowest BCUT2D eigenvalue weighted by atomic mass is 9.75. The fraction of sp³-hybridized carbons (Fsp3) is 0.800. The van der Waals surface area contributed by atoms with Crippen molar-refractivity contribution in [2.24, 2.45) is 11.3 Å². The van der Waals surface area contributed by atoms with E-state index in [0.29, 0.717) is 11.3 Å². The summed E-state index contributed by atoms with van der Waals surface area (Å²) in [6, 6.07) is 0. The Morgan fingerprint density at radius 3 is 2.61 bits per heavy atom. The largest absolute Gasteiger partial charge is 0.316 e. The fourth-order valence-corrected chi connectivity index (χ4v) is 2.16. The molecule has 1 unspecified atom stereocenters. The molecule has 18 heavy (non-hydrogen) atoms. The predicted molar refractivity (Wildman–Crippen MR) is 77.7 cm³/mol. The Morgan fingerprint density at radius 2 is 2.11 bits per heavy atom. The highest BCUT2D eigenvalue weighted by molar-refractivity contribution is 5.08. The van der Waals surface area contributed by atoms with E-state index in [1.165, 1.54) is 12.0 Å². The highest BCUT2D eigenvalue weighted by Crippen LogP contribution is 2.30. The second-order valence-electron chi connectivity index (χ2n) is 5.87. The van der Waals surface area contributed by atoms with Crippen LogP contribution in [0.4, 0.5) is 0 Å². The van der Waals surface area contributed by atoms with Crippen LogP contribution in [0.2, 0.25) is 0 Å². The molecule has 104 valence electrons. The first-order valence-corrected chi connectivity index (χ1v) is 7.24. The molecule has 0 amide bonds. The molecule has 0 saturated heterocycles. The molecule has 0 radical (unpaired) electrons. The van der Waals surface area contributed by atoms with Crippen LogP contribution in [0.3, 0.4) is 0 Å². The van der Waals surface area contributed by atoms with E-state index in [9.17, 15) is 0 Å². The second kappa shape index (κ2) is 6.93.